The maximum atomic E-state index is 8.47. The number of imidazole rings is 1. The fourth-order valence-corrected chi connectivity index (χ4v) is 1.22. The summed E-state index contributed by atoms with van der Waals surface area (Å²) in [4.78, 5) is 11.2. The first kappa shape index (κ1) is 8.49. The Morgan fingerprint density at radius 3 is 3.14 bits per heavy atom. The Hall–Kier alpha value is -2.11. The Bertz CT molecular complexity index is 501. The number of nitrogens with one attached hydrogen (secondary N) is 1. The van der Waals surface area contributed by atoms with E-state index in [4.69, 9.17) is 10.9 Å². The molecule has 0 spiro atoms. The standard InChI is InChI=1S/C8H9N5O/c1-4-11-6-2-5(7(9)13-14)3-10-8(6)12-4/h2-3,14H,1H3,(H2,9,13)(H,10,11,12). The average molecular weight is 191 g/mol. The number of amidine groups is 1. The molecule has 2 aromatic rings. The molecule has 0 aromatic carbocycles. The van der Waals surface area contributed by atoms with Crippen molar-refractivity contribution in [1.29, 1.82) is 0 Å². The molecule has 0 saturated carbocycles. The van der Waals surface area contributed by atoms with E-state index in [1.807, 2.05) is 6.92 Å². The van der Waals surface area contributed by atoms with Gasteiger partial charge in [0.2, 0.25) is 0 Å². The van der Waals surface area contributed by atoms with Gasteiger partial charge in [0.25, 0.3) is 0 Å². The minimum Gasteiger partial charge on any atom is -0.409 e. The van der Waals surface area contributed by atoms with Crippen molar-refractivity contribution in [3.8, 4) is 0 Å². The molecule has 0 aliphatic rings. The van der Waals surface area contributed by atoms with Gasteiger partial charge in [0.1, 0.15) is 5.82 Å². The third-order valence-corrected chi connectivity index (χ3v) is 1.86. The van der Waals surface area contributed by atoms with E-state index >= 15 is 0 Å². The van der Waals surface area contributed by atoms with Crippen molar-refractivity contribution in [3.05, 3.63) is 23.7 Å². The smallest absolute Gasteiger partial charge is 0.177 e. The van der Waals surface area contributed by atoms with Crippen molar-refractivity contribution < 1.29 is 5.21 Å². The molecule has 0 radical (unpaired) electrons. The molecule has 0 bridgehead atoms. The van der Waals surface area contributed by atoms with Crippen molar-refractivity contribution in [3.63, 3.8) is 0 Å². The van der Waals surface area contributed by atoms with Gasteiger partial charge in [-0.2, -0.15) is 0 Å². The highest BCUT2D eigenvalue weighted by atomic mass is 16.4. The van der Waals surface area contributed by atoms with Crippen LogP contribution in [0.3, 0.4) is 0 Å². The lowest BCUT2D eigenvalue weighted by Crippen LogP contribution is -2.13. The third kappa shape index (κ3) is 1.26. The SMILES string of the molecule is Cc1nc2ncc(/C(N)=N\O)cc2[nH]1. The Kier molecular flexibility index (Phi) is 1.81. The summed E-state index contributed by atoms with van der Waals surface area (Å²) in [6.07, 6.45) is 1.51. The van der Waals surface area contributed by atoms with E-state index in [-0.39, 0.29) is 5.84 Å². The lowest BCUT2D eigenvalue weighted by Gasteiger charge is -1.96. The van der Waals surface area contributed by atoms with Crippen LogP contribution in [0.1, 0.15) is 11.4 Å². The topological polar surface area (TPSA) is 100 Å². The third-order valence-electron chi connectivity index (χ3n) is 1.86. The number of nitrogens with zero attached hydrogens (tertiary/aromatic N) is 3. The van der Waals surface area contributed by atoms with Gasteiger partial charge in [-0.05, 0) is 13.0 Å². The number of hydrogen-bond donors (Lipinski definition) is 3. The molecular weight excluding hydrogens is 182 g/mol. The summed E-state index contributed by atoms with van der Waals surface area (Å²) < 4.78 is 0. The van der Waals surface area contributed by atoms with Crippen LogP contribution >= 0.6 is 0 Å². The highest BCUT2D eigenvalue weighted by Crippen LogP contribution is 2.09. The van der Waals surface area contributed by atoms with Gasteiger partial charge in [-0.1, -0.05) is 5.16 Å². The zero-order chi connectivity index (χ0) is 10.1. The normalized spacial score (nSPS) is 12.2. The minimum absolute atomic E-state index is 0.0339. The molecule has 6 heteroatoms. The van der Waals surface area contributed by atoms with E-state index in [1.54, 1.807) is 6.07 Å². The molecule has 14 heavy (non-hydrogen) atoms. The highest BCUT2D eigenvalue weighted by molar-refractivity contribution is 5.98. The van der Waals surface area contributed by atoms with E-state index in [2.05, 4.69) is 20.1 Å². The van der Waals surface area contributed by atoms with E-state index in [0.717, 1.165) is 11.3 Å². The summed E-state index contributed by atoms with van der Waals surface area (Å²) in [5, 5.41) is 11.4. The molecule has 2 rings (SSSR count). The number of nitrogens with two attached hydrogens (primary N) is 1. The van der Waals surface area contributed by atoms with Crippen molar-refractivity contribution in [2.24, 2.45) is 10.9 Å². The van der Waals surface area contributed by atoms with Gasteiger partial charge in [-0.15, -0.1) is 0 Å². The van der Waals surface area contributed by atoms with Crippen LogP contribution in [0.2, 0.25) is 0 Å². The summed E-state index contributed by atoms with van der Waals surface area (Å²) >= 11 is 0. The van der Waals surface area contributed by atoms with Gasteiger partial charge < -0.3 is 15.9 Å². The average Bonchev–Trinajstić information content (AvgIpc) is 2.55. The van der Waals surface area contributed by atoms with Crippen LogP contribution in [-0.4, -0.2) is 26.0 Å². The maximum absolute atomic E-state index is 8.47. The van der Waals surface area contributed by atoms with E-state index in [1.165, 1.54) is 6.20 Å². The number of aryl methyl sites for hydroxylation is 1. The monoisotopic (exact) mass is 191 g/mol. The molecule has 6 nitrogen and oxygen atoms in total. The molecule has 72 valence electrons. The second-order valence-electron chi connectivity index (χ2n) is 2.90. The summed E-state index contributed by atoms with van der Waals surface area (Å²) in [7, 11) is 0. The van der Waals surface area contributed by atoms with Gasteiger partial charge in [0, 0.05) is 11.8 Å². The fourth-order valence-electron chi connectivity index (χ4n) is 1.22. The highest BCUT2D eigenvalue weighted by Gasteiger charge is 2.04. The molecule has 0 aliphatic carbocycles. The van der Waals surface area contributed by atoms with Crippen molar-refractivity contribution in [1.82, 2.24) is 15.0 Å². The predicted octanol–water partition coefficient (Wildman–Crippen LogP) is 0.361. The predicted molar refractivity (Wildman–Crippen MR) is 51.1 cm³/mol. The molecule has 4 N–H and O–H groups in total. The van der Waals surface area contributed by atoms with Crippen LogP contribution in [-0.2, 0) is 0 Å². The maximum Gasteiger partial charge on any atom is 0.177 e. The van der Waals surface area contributed by atoms with Gasteiger partial charge in [0.15, 0.2) is 11.5 Å². The van der Waals surface area contributed by atoms with E-state index in [0.29, 0.717) is 11.2 Å². The Morgan fingerprint density at radius 1 is 1.64 bits per heavy atom. The number of pyridine rings is 1. The first-order chi connectivity index (χ1) is 6.70. The van der Waals surface area contributed by atoms with Crippen molar-refractivity contribution in [2.45, 2.75) is 6.92 Å². The molecule has 2 heterocycles. The summed E-state index contributed by atoms with van der Waals surface area (Å²) in [6, 6.07) is 1.73. The molecule has 0 aliphatic heterocycles. The van der Waals surface area contributed by atoms with Crippen molar-refractivity contribution >= 4 is 17.0 Å². The lowest BCUT2D eigenvalue weighted by atomic mass is 10.2. The largest absolute Gasteiger partial charge is 0.409 e. The second-order valence-corrected chi connectivity index (χ2v) is 2.90. The zero-order valence-corrected chi connectivity index (χ0v) is 7.52. The van der Waals surface area contributed by atoms with Crippen LogP contribution in [0.5, 0.6) is 0 Å². The van der Waals surface area contributed by atoms with E-state index in [9.17, 15) is 0 Å². The Labute approximate surface area is 79.5 Å². The molecule has 2 aromatic heterocycles. The molecule has 0 fully saturated rings. The first-order valence-corrected chi connectivity index (χ1v) is 4.01. The van der Waals surface area contributed by atoms with Crippen molar-refractivity contribution in [2.75, 3.05) is 0 Å². The van der Waals surface area contributed by atoms with Gasteiger partial charge in [-0.25, -0.2) is 9.97 Å². The number of oxime groups is 1. The van der Waals surface area contributed by atoms with Crippen LogP contribution in [0, 0.1) is 6.92 Å². The minimum atomic E-state index is 0.0339. The summed E-state index contributed by atoms with van der Waals surface area (Å²) in [5.41, 5.74) is 7.37. The number of fused-ring (bicyclic) bond motifs is 1. The zero-order valence-electron chi connectivity index (χ0n) is 7.52. The van der Waals surface area contributed by atoms with Gasteiger partial charge in [-0.3, -0.25) is 0 Å². The van der Waals surface area contributed by atoms with Crippen LogP contribution < -0.4 is 5.73 Å². The summed E-state index contributed by atoms with van der Waals surface area (Å²) in [6.45, 7) is 1.84. The van der Waals surface area contributed by atoms with Crippen LogP contribution in [0.4, 0.5) is 0 Å². The number of H-pyrrole nitrogens is 1. The molecule has 0 atom stereocenters. The quantitative estimate of drug-likeness (QED) is 0.262. The lowest BCUT2D eigenvalue weighted by molar-refractivity contribution is 0.318. The molecule has 0 amide bonds. The van der Waals surface area contributed by atoms with Crippen LogP contribution in [0.15, 0.2) is 17.4 Å². The number of hydrogen-bond acceptors (Lipinski definition) is 4. The molecular formula is C8H9N5O. The number of aromatic nitrogens is 3. The van der Waals surface area contributed by atoms with E-state index < -0.39 is 0 Å². The fraction of sp³-hybridized carbons (Fsp3) is 0.125. The molecule has 0 saturated heterocycles. The van der Waals surface area contributed by atoms with Gasteiger partial charge in [0.05, 0.1) is 5.52 Å². The first-order valence-electron chi connectivity index (χ1n) is 4.01. The Balaban J connectivity index is 2.61. The second kappa shape index (κ2) is 2.99. The molecule has 0 unspecified atom stereocenters. The number of aromatic amines is 1. The number of rotatable bonds is 1. The summed E-state index contributed by atoms with van der Waals surface area (Å²) in [5.74, 6) is 0.816. The van der Waals surface area contributed by atoms with Crippen LogP contribution in [0.25, 0.3) is 11.2 Å². The Morgan fingerprint density at radius 2 is 2.43 bits per heavy atom. The van der Waals surface area contributed by atoms with Gasteiger partial charge >= 0.3 is 0 Å².